The van der Waals surface area contributed by atoms with E-state index in [2.05, 4.69) is 0 Å². The quantitative estimate of drug-likeness (QED) is 0.424. The number of fused-ring (bicyclic) bond motifs is 5. The first-order valence-corrected chi connectivity index (χ1v) is 12.4. The van der Waals surface area contributed by atoms with Crippen molar-refractivity contribution in [3.63, 3.8) is 0 Å². The van der Waals surface area contributed by atoms with Gasteiger partial charge in [-0.3, -0.25) is 9.59 Å². The number of hydrogen-bond donors (Lipinski definition) is 2. The summed E-state index contributed by atoms with van der Waals surface area (Å²) in [6.07, 6.45) is 2.75. The molecule has 6 rings (SSSR count). The van der Waals surface area contributed by atoms with Crippen LogP contribution in [-0.2, 0) is 28.3 Å². The molecule has 0 unspecified atom stereocenters. The van der Waals surface area contributed by atoms with Crippen LogP contribution in [0.4, 0.5) is 4.39 Å². The molecule has 8 nitrogen and oxygen atoms in total. The van der Waals surface area contributed by atoms with Gasteiger partial charge >= 0.3 is 5.97 Å². The predicted molar refractivity (Wildman–Crippen MR) is 129 cm³/mol. The molecule has 3 aromatic rings. The van der Waals surface area contributed by atoms with Crippen LogP contribution in [0, 0.1) is 5.82 Å². The number of aliphatic hydroxyl groups is 2. The first-order valence-electron chi connectivity index (χ1n) is 12.4. The highest BCUT2D eigenvalue weighted by atomic mass is 19.1. The summed E-state index contributed by atoms with van der Waals surface area (Å²) >= 11 is 0. The van der Waals surface area contributed by atoms with Crippen LogP contribution in [-0.4, -0.2) is 25.3 Å². The van der Waals surface area contributed by atoms with E-state index in [1.807, 2.05) is 4.57 Å². The lowest BCUT2D eigenvalue weighted by atomic mass is 9.85. The molecule has 0 amide bonds. The largest absolute Gasteiger partial charge is 0.458 e. The number of pyridine rings is 2. The van der Waals surface area contributed by atoms with Gasteiger partial charge in [0.15, 0.2) is 11.0 Å². The van der Waals surface area contributed by atoms with Gasteiger partial charge in [0.2, 0.25) is 0 Å². The van der Waals surface area contributed by atoms with Crippen LogP contribution in [0.1, 0.15) is 80.5 Å². The summed E-state index contributed by atoms with van der Waals surface area (Å²) in [7, 11) is 0. The number of hydrogen-bond acceptors (Lipinski definition) is 6. The topological polar surface area (TPSA) is 111 Å². The molecule has 1 aromatic carbocycles. The first kappa shape index (κ1) is 23.1. The molecule has 1 aliphatic carbocycles. The molecule has 188 valence electrons. The number of cyclic esters (lactones) is 1. The second-order valence-electron chi connectivity index (χ2n) is 10.1. The first-order chi connectivity index (χ1) is 17.2. The summed E-state index contributed by atoms with van der Waals surface area (Å²) in [5, 5.41) is 21.4. The van der Waals surface area contributed by atoms with E-state index in [1.54, 1.807) is 19.1 Å². The molecule has 36 heavy (non-hydrogen) atoms. The average molecular weight is 495 g/mol. The van der Waals surface area contributed by atoms with Crippen molar-refractivity contribution in [3.05, 3.63) is 67.0 Å². The minimum atomic E-state index is -1.98. The molecule has 1 fully saturated rings. The van der Waals surface area contributed by atoms with Gasteiger partial charge in [0, 0.05) is 22.6 Å². The third-order valence-corrected chi connectivity index (χ3v) is 8.17. The molecule has 0 radical (unpaired) electrons. The van der Waals surface area contributed by atoms with Crippen molar-refractivity contribution in [2.24, 2.45) is 0 Å². The second-order valence-corrected chi connectivity index (χ2v) is 10.1. The number of carbonyl (C=O) groups is 1. The van der Waals surface area contributed by atoms with E-state index in [1.165, 1.54) is 17.6 Å². The molecule has 2 atom stereocenters. The van der Waals surface area contributed by atoms with E-state index in [9.17, 15) is 29.0 Å². The Balaban J connectivity index is 1.71. The summed E-state index contributed by atoms with van der Waals surface area (Å²) < 4.78 is 23.6. The van der Waals surface area contributed by atoms with E-state index >= 15 is 0 Å². The number of halogens is 1. The van der Waals surface area contributed by atoms with Crippen molar-refractivity contribution < 1.29 is 24.1 Å². The fourth-order valence-corrected chi connectivity index (χ4v) is 6.22. The van der Waals surface area contributed by atoms with Crippen LogP contribution in [0.2, 0.25) is 0 Å². The van der Waals surface area contributed by atoms with E-state index in [4.69, 9.17) is 4.74 Å². The molecule has 9 heteroatoms. The lowest BCUT2D eigenvalue weighted by Crippen LogP contribution is -2.44. The summed E-state index contributed by atoms with van der Waals surface area (Å²) in [6, 6.07) is 4.34. The molecule has 2 aromatic heterocycles. The van der Waals surface area contributed by atoms with Gasteiger partial charge in [-0.1, -0.05) is 19.8 Å². The monoisotopic (exact) mass is 494 g/mol. The van der Waals surface area contributed by atoms with Crippen molar-refractivity contribution in [2.45, 2.75) is 76.9 Å². The SMILES string of the molecule is CC[C@@]1(O)C(=O)OCc2c1cc1n(c2=O)Cc2c-1c(=O)c1cc(F)c([C@H](C)O)cc1n2C1CCCC1. The maximum atomic E-state index is 14.9. The van der Waals surface area contributed by atoms with Gasteiger partial charge < -0.3 is 24.1 Å². The Hall–Kier alpha value is -3.30. The number of carbonyl (C=O) groups excluding carboxylic acids is 1. The Morgan fingerprint density at radius 1 is 1.19 bits per heavy atom. The smallest absolute Gasteiger partial charge is 0.343 e. The standard InChI is InChI=1S/C27H27FN2O6/c1-3-27(35)18-10-21-23-22(11-29(21)25(33)17(18)12-36-26(27)34)30(14-6-4-5-7-14)20-9-15(13(2)31)19(28)8-16(20)24(23)32/h8-10,13-14,31,35H,3-7,11-12H2,1-2H3/t13-,27-/m0/s1. The molecular formula is C27H27FN2O6. The van der Waals surface area contributed by atoms with Gasteiger partial charge in [-0.15, -0.1) is 0 Å². The number of rotatable bonds is 3. The third-order valence-electron chi connectivity index (χ3n) is 8.17. The van der Waals surface area contributed by atoms with Crippen LogP contribution in [0.15, 0.2) is 27.8 Å². The Kier molecular flexibility index (Phi) is 5.04. The number of benzene rings is 1. The predicted octanol–water partition coefficient (Wildman–Crippen LogP) is 3.15. The zero-order valence-corrected chi connectivity index (χ0v) is 20.1. The van der Waals surface area contributed by atoms with Crippen molar-refractivity contribution >= 4 is 16.9 Å². The molecule has 2 aliphatic heterocycles. The highest BCUT2D eigenvalue weighted by Crippen LogP contribution is 2.41. The van der Waals surface area contributed by atoms with Gasteiger partial charge in [0.25, 0.3) is 5.56 Å². The highest BCUT2D eigenvalue weighted by molar-refractivity contribution is 5.88. The maximum absolute atomic E-state index is 14.9. The average Bonchev–Trinajstić information content (AvgIpc) is 3.51. The Morgan fingerprint density at radius 2 is 1.92 bits per heavy atom. The number of ether oxygens (including phenoxy) is 1. The number of nitrogens with zero attached hydrogens (tertiary/aromatic N) is 2. The third kappa shape index (κ3) is 2.96. The number of esters is 1. The van der Waals surface area contributed by atoms with Crippen molar-refractivity contribution in [2.75, 3.05) is 0 Å². The summed E-state index contributed by atoms with van der Waals surface area (Å²) in [6.45, 7) is 2.99. The van der Waals surface area contributed by atoms with Crippen molar-refractivity contribution in [1.82, 2.24) is 9.13 Å². The van der Waals surface area contributed by atoms with Crippen LogP contribution >= 0.6 is 0 Å². The lowest BCUT2D eigenvalue weighted by molar-refractivity contribution is -0.172. The summed E-state index contributed by atoms with van der Waals surface area (Å²) in [5.74, 6) is -1.49. The van der Waals surface area contributed by atoms with Gasteiger partial charge in [0.1, 0.15) is 12.4 Å². The van der Waals surface area contributed by atoms with Gasteiger partial charge in [-0.2, -0.15) is 0 Å². The lowest BCUT2D eigenvalue weighted by Gasteiger charge is -2.31. The fourth-order valence-electron chi connectivity index (χ4n) is 6.22. The van der Waals surface area contributed by atoms with Crippen LogP contribution < -0.4 is 11.0 Å². The summed E-state index contributed by atoms with van der Waals surface area (Å²) in [5.41, 5.74) is -0.568. The maximum Gasteiger partial charge on any atom is 0.343 e. The minimum absolute atomic E-state index is 0.00590. The molecule has 0 spiro atoms. The Labute approximate surface area is 205 Å². The molecule has 1 saturated carbocycles. The molecule has 0 saturated heterocycles. The summed E-state index contributed by atoms with van der Waals surface area (Å²) in [4.78, 5) is 39.9. The van der Waals surface area contributed by atoms with Crippen LogP contribution in [0.25, 0.3) is 22.2 Å². The Bertz CT molecular complexity index is 1580. The molecule has 2 N–H and O–H groups in total. The molecular weight excluding hydrogens is 467 g/mol. The zero-order chi connectivity index (χ0) is 25.5. The number of aromatic nitrogens is 2. The van der Waals surface area contributed by atoms with Crippen LogP contribution in [0.5, 0.6) is 0 Å². The zero-order valence-electron chi connectivity index (χ0n) is 20.1. The normalized spacial score (nSPS) is 21.9. The van der Waals surface area contributed by atoms with Gasteiger partial charge in [0.05, 0.1) is 40.7 Å². The van der Waals surface area contributed by atoms with Crippen molar-refractivity contribution in [3.8, 4) is 11.3 Å². The molecule has 3 aliphatic rings. The molecule has 0 bridgehead atoms. The number of aliphatic hydroxyl groups excluding tert-OH is 1. The highest BCUT2D eigenvalue weighted by Gasteiger charge is 2.45. The fraction of sp³-hybridized carbons (Fsp3) is 0.444. The Morgan fingerprint density at radius 3 is 2.58 bits per heavy atom. The molecule has 4 heterocycles. The second kappa shape index (κ2) is 7.85. The van der Waals surface area contributed by atoms with E-state index < -0.39 is 34.5 Å². The van der Waals surface area contributed by atoms with E-state index in [-0.39, 0.29) is 53.3 Å². The van der Waals surface area contributed by atoms with E-state index in [0.717, 1.165) is 25.7 Å². The van der Waals surface area contributed by atoms with E-state index in [0.29, 0.717) is 16.9 Å². The van der Waals surface area contributed by atoms with Gasteiger partial charge in [-0.25, -0.2) is 9.18 Å². The van der Waals surface area contributed by atoms with Crippen molar-refractivity contribution in [1.29, 1.82) is 0 Å². The minimum Gasteiger partial charge on any atom is -0.458 e. The van der Waals surface area contributed by atoms with Crippen LogP contribution in [0.3, 0.4) is 0 Å². The van der Waals surface area contributed by atoms with Gasteiger partial charge in [-0.05, 0) is 44.4 Å².